The summed E-state index contributed by atoms with van der Waals surface area (Å²) in [6, 6.07) is -2.03. The van der Waals surface area contributed by atoms with Gasteiger partial charge in [-0.2, -0.15) is 4.98 Å². The Balaban J connectivity index is 1.40. The Kier molecular flexibility index (Phi) is 5.23. The molecular weight excluding hydrogens is 410 g/mol. The number of halogens is 4. The van der Waals surface area contributed by atoms with Crippen molar-refractivity contribution in [1.29, 1.82) is 0 Å². The molecule has 1 aromatic rings. The first-order valence-corrected chi connectivity index (χ1v) is 9.95. The summed E-state index contributed by atoms with van der Waals surface area (Å²) in [7, 11) is 0. The maximum atomic E-state index is 14.1. The molecule has 2 amide bonds. The molecule has 1 aliphatic carbocycles. The normalized spacial score (nSPS) is 26.8. The van der Waals surface area contributed by atoms with Crippen LogP contribution in [0.25, 0.3) is 0 Å². The number of piperidine rings is 1. The Hall–Kier alpha value is -2.24. The van der Waals surface area contributed by atoms with E-state index in [0.29, 0.717) is 5.82 Å². The molecule has 2 N–H and O–H groups in total. The number of rotatable bonds is 6. The number of hydrogen-bond acceptors (Lipinski definition) is 6. The molecule has 2 atom stereocenters. The summed E-state index contributed by atoms with van der Waals surface area (Å²) in [6.07, 6.45) is -0.0115. The summed E-state index contributed by atoms with van der Waals surface area (Å²) in [5.74, 6) is -6.68. The van der Waals surface area contributed by atoms with Crippen molar-refractivity contribution < 1.29 is 31.7 Å². The topological polar surface area (TPSA) is 106 Å². The highest BCUT2D eigenvalue weighted by molar-refractivity contribution is 5.79. The Bertz CT molecular complexity index is 828. The fourth-order valence-corrected chi connectivity index (χ4v) is 3.94. The van der Waals surface area contributed by atoms with Crippen LogP contribution in [0.15, 0.2) is 4.52 Å². The van der Waals surface area contributed by atoms with Crippen LogP contribution in [0.1, 0.15) is 62.2 Å². The molecule has 0 aromatic carbocycles. The number of hydrogen-bond donors (Lipinski definition) is 1. The molecule has 8 nitrogen and oxygen atoms in total. The van der Waals surface area contributed by atoms with Gasteiger partial charge in [0.1, 0.15) is 6.04 Å². The standard InChI is InChI=1S/C18H23F4N5O3/c19-17(20)4-3-13(28)26(8-17)7-11(23)5-14(29)27-9-18(21,22)6-12(27)16-24-15(25-30-16)10-1-2-10/h10-12H,1-9,23H2/t11-,12-/m0/s1. The molecule has 0 spiro atoms. The predicted octanol–water partition coefficient (Wildman–Crippen LogP) is 1.83. The van der Waals surface area contributed by atoms with Gasteiger partial charge in [0.05, 0.1) is 13.1 Å². The summed E-state index contributed by atoms with van der Waals surface area (Å²) in [6.45, 7) is -1.82. The molecule has 0 unspecified atom stereocenters. The zero-order valence-corrected chi connectivity index (χ0v) is 16.2. The molecular formula is C18H23F4N5O3. The number of carbonyl (C=O) groups is 2. The minimum atomic E-state index is -3.12. The van der Waals surface area contributed by atoms with E-state index in [1.54, 1.807) is 0 Å². The first-order chi connectivity index (χ1) is 14.0. The van der Waals surface area contributed by atoms with Gasteiger partial charge >= 0.3 is 0 Å². The lowest BCUT2D eigenvalue weighted by Gasteiger charge is -2.34. The fourth-order valence-electron chi connectivity index (χ4n) is 3.94. The molecule has 3 fully saturated rings. The van der Waals surface area contributed by atoms with Crippen LogP contribution in [0.4, 0.5) is 17.6 Å². The Morgan fingerprint density at radius 3 is 2.67 bits per heavy atom. The van der Waals surface area contributed by atoms with Crippen LogP contribution < -0.4 is 5.73 Å². The molecule has 4 rings (SSSR count). The summed E-state index contributed by atoms with van der Waals surface area (Å²) in [4.78, 5) is 30.6. The van der Waals surface area contributed by atoms with E-state index < -0.39 is 61.7 Å². The van der Waals surface area contributed by atoms with Crippen molar-refractivity contribution in [2.45, 2.75) is 68.4 Å². The SMILES string of the molecule is N[C@@H](CC(=O)N1CC(F)(F)C[C@H]1c1nc(C2CC2)no1)CN1CC(F)(F)CCC1=O. The van der Waals surface area contributed by atoms with Crippen LogP contribution in [-0.4, -0.2) is 69.3 Å². The van der Waals surface area contributed by atoms with Crippen LogP contribution in [0.3, 0.4) is 0 Å². The van der Waals surface area contributed by atoms with Gasteiger partial charge in [0, 0.05) is 44.2 Å². The van der Waals surface area contributed by atoms with E-state index in [1.807, 2.05) is 0 Å². The van der Waals surface area contributed by atoms with Gasteiger partial charge in [0.25, 0.3) is 11.8 Å². The van der Waals surface area contributed by atoms with Crippen LogP contribution >= 0.6 is 0 Å². The summed E-state index contributed by atoms with van der Waals surface area (Å²) in [5.41, 5.74) is 5.90. The highest BCUT2D eigenvalue weighted by Gasteiger charge is 2.50. The molecule has 1 saturated carbocycles. The quantitative estimate of drug-likeness (QED) is 0.687. The first-order valence-electron chi connectivity index (χ1n) is 9.95. The summed E-state index contributed by atoms with van der Waals surface area (Å²) in [5, 5.41) is 3.82. The minimum absolute atomic E-state index is 0.0400. The number of likely N-dealkylation sites (tertiary alicyclic amines) is 2. The van der Waals surface area contributed by atoms with Crippen molar-refractivity contribution >= 4 is 11.8 Å². The van der Waals surface area contributed by atoms with Gasteiger partial charge in [-0.25, -0.2) is 17.6 Å². The Morgan fingerprint density at radius 2 is 1.97 bits per heavy atom. The predicted molar refractivity (Wildman–Crippen MR) is 93.6 cm³/mol. The van der Waals surface area contributed by atoms with Crippen molar-refractivity contribution in [2.24, 2.45) is 5.73 Å². The maximum Gasteiger partial charge on any atom is 0.267 e. The fraction of sp³-hybridized carbons (Fsp3) is 0.778. The molecule has 12 heteroatoms. The smallest absolute Gasteiger partial charge is 0.267 e. The molecule has 3 aliphatic rings. The third-order valence-electron chi connectivity index (χ3n) is 5.65. The molecule has 0 radical (unpaired) electrons. The van der Waals surface area contributed by atoms with Crippen molar-refractivity contribution in [2.75, 3.05) is 19.6 Å². The van der Waals surface area contributed by atoms with Crippen LogP contribution in [-0.2, 0) is 9.59 Å². The van der Waals surface area contributed by atoms with Crippen LogP contribution in [0.5, 0.6) is 0 Å². The van der Waals surface area contributed by atoms with Gasteiger partial charge in [-0.3, -0.25) is 9.59 Å². The molecule has 166 valence electrons. The monoisotopic (exact) mass is 433 g/mol. The molecule has 0 bridgehead atoms. The second-order valence-corrected chi connectivity index (χ2v) is 8.46. The number of nitrogens with zero attached hydrogens (tertiary/aromatic N) is 4. The van der Waals surface area contributed by atoms with E-state index >= 15 is 0 Å². The maximum absolute atomic E-state index is 14.1. The number of nitrogens with two attached hydrogens (primary N) is 1. The van der Waals surface area contributed by atoms with Crippen LogP contribution in [0, 0.1) is 0 Å². The van der Waals surface area contributed by atoms with E-state index in [1.165, 1.54) is 0 Å². The number of amides is 2. The van der Waals surface area contributed by atoms with Crippen molar-refractivity contribution in [3.63, 3.8) is 0 Å². The zero-order valence-electron chi connectivity index (χ0n) is 16.2. The molecule has 2 aliphatic heterocycles. The van der Waals surface area contributed by atoms with E-state index in [-0.39, 0.29) is 31.2 Å². The van der Waals surface area contributed by atoms with Crippen molar-refractivity contribution in [3.8, 4) is 0 Å². The second kappa shape index (κ2) is 7.47. The van der Waals surface area contributed by atoms with Gasteiger partial charge in [-0.15, -0.1) is 0 Å². The number of aromatic nitrogens is 2. The molecule has 1 aromatic heterocycles. The zero-order chi connectivity index (χ0) is 21.7. The van der Waals surface area contributed by atoms with Gasteiger partial charge < -0.3 is 20.1 Å². The average molecular weight is 433 g/mol. The Morgan fingerprint density at radius 1 is 1.23 bits per heavy atom. The van der Waals surface area contributed by atoms with Crippen LogP contribution in [0.2, 0.25) is 0 Å². The summed E-state index contributed by atoms with van der Waals surface area (Å²) >= 11 is 0. The van der Waals surface area contributed by atoms with Gasteiger partial charge in [0.2, 0.25) is 17.7 Å². The molecule has 30 heavy (non-hydrogen) atoms. The average Bonchev–Trinajstić information content (AvgIpc) is 3.27. The third kappa shape index (κ3) is 4.57. The van der Waals surface area contributed by atoms with Crippen molar-refractivity contribution in [1.82, 2.24) is 19.9 Å². The van der Waals surface area contributed by atoms with E-state index in [9.17, 15) is 27.2 Å². The lowest BCUT2D eigenvalue weighted by molar-refractivity contribution is -0.148. The van der Waals surface area contributed by atoms with Gasteiger partial charge in [-0.05, 0) is 12.8 Å². The lowest BCUT2D eigenvalue weighted by Crippen LogP contribution is -2.51. The number of carbonyl (C=O) groups excluding carboxylic acids is 2. The molecule has 2 saturated heterocycles. The summed E-state index contributed by atoms with van der Waals surface area (Å²) < 4.78 is 60.4. The molecule has 3 heterocycles. The van der Waals surface area contributed by atoms with E-state index in [4.69, 9.17) is 10.3 Å². The first kappa shape index (κ1) is 21.0. The van der Waals surface area contributed by atoms with E-state index in [0.717, 1.165) is 22.6 Å². The second-order valence-electron chi connectivity index (χ2n) is 8.46. The minimum Gasteiger partial charge on any atom is -0.337 e. The highest BCUT2D eigenvalue weighted by Crippen LogP contribution is 2.43. The number of alkyl halides is 4. The third-order valence-corrected chi connectivity index (χ3v) is 5.65. The lowest BCUT2D eigenvalue weighted by atomic mass is 10.0. The van der Waals surface area contributed by atoms with Gasteiger partial charge in [0.15, 0.2) is 5.82 Å². The highest BCUT2D eigenvalue weighted by atomic mass is 19.3. The van der Waals surface area contributed by atoms with Crippen molar-refractivity contribution in [3.05, 3.63) is 11.7 Å². The van der Waals surface area contributed by atoms with E-state index in [2.05, 4.69) is 10.1 Å². The Labute approximate surface area is 169 Å². The van der Waals surface area contributed by atoms with Gasteiger partial charge in [-0.1, -0.05) is 5.16 Å². The largest absolute Gasteiger partial charge is 0.337 e.